The van der Waals surface area contributed by atoms with Crippen molar-refractivity contribution >= 4 is 12.4 Å². The number of likely N-dealkylation sites (N-methyl/N-ethyl adjacent to an activating group) is 1. The van der Waals surface area contributed by atoms with Crippen molar-refractivity contribution in [3.05, 3.63) is 47.1 Å². The molecular formula is C17H21ClF3N3O. The molecule has 0 saturated heterocycles. The van der Waals surface area contributed by atoms with Gasteiger partial charge in [-0.15, -0.1) is 12.4 Å². The molecule has 1 aliphatic carbocycles. The zero-order chi connectivity index (χ0) is 17.4. The van der Waals surface area contributed by atoms with Crippen LogP contribution in [0.1, 0.15) is 49.0 Å². The molecule has 3 rings (SSSR count). The Hall–Kier alpha value is -1.60. The number of alkyl halides is 3. The van der Waals surface area contributed by atoms with Gasteiger partial charge in [-0.2, -0.15) is 18.2 Å². The number of aromatic nitrogens is 2. The van der Waals surface area contributed by atoms with E-state index in [0.29, 0.717) is 23.7 Å². The van der Waals surface area contributed by atoms with Crippen LogP contribution in [0.4, 0.5) is 13.2 Å². The lowest BCUT2D eigenvalue weighted by molar-refractivity contribution is -0.137. The van der Waals surface area contributed by atoms with Crippen molar-refractivity contribution in [2.75, 3.05) is 7.05 Å². The third-order valence-electron chi connectivity index (χ3n) is 4.81. The predicted molar refractivity (Wildman–Crippen MR) is 89.8 cm³/mol. The molecule has 1 aromatic carbocycles. The maximum absolute atomic E-state index is 13.0. The third-order valence-corrected chi connectivity index (χ3v) is 4.81. The minimum Gasteiger partial charge on any atom is -0.338 e. The Morgan fingerprint density at radius 1 is 1.32 bits per heavy atom. The van der Waals surface area contributed by atoms with E-state index in [1.54, 1.807) is 6.07 Å². The van der Waals surface area contributed by atoms with E-state index in [9.17, 15) is 13.2 Å². The van der Waals surface area contributed by atoms with E-state index in [1.807, 2.05) is 14.0 Å². The van der Waals surface area contributed by atoms with Crippen LogP contribution < -0.4 is 5.32 Å². The maximum Gasteiger partial charge on any atom is 0.416 e. The fraction of sp³-hybridized carbons (Fsp3) is 0.529. The number of nitrogens with one attached hydrogen (secondary N) is 1. The summed E-state index contributed by atoms with van der Waals surface area (Å²) < 4.78 is 44.5. The molecular weight excluding hydrogens is 355 g/mol. The van der Waals surface area contributed by atoms with Crippen LogP contribution in [-0.2, 0) is 18.0 Å². The highest BCUT2D eigenvalue weighted by Gasteiger charge is 2.46. The number of nitrogens with zero attached hydrogens (tertiary/aromatic N) is 2. The van der Waals surface area contributed by atoms with E-state index in [4.69, 9.17) is 4.52 Å². The number of halogens is 4. The molecule has 1 heterocycles. The van der Waals surface area contributed by atoms with Gasteiger partial charge in [-0.1, -0.05) is 29.8 Å². The topological polar surface area (TPSA) is 51.0 Å². The highest BCUT2D eigenvalue weighted by Crippen LogP contribution is 2.49. The van der Waals surface area contributed by atoms with Crippen molar-refractivity contribution in [3.8, 4) is 0 Å². The summed E-state index contributed by atoms with van der Waals surface area (Å²) in [5, 5.41) is 7.10. The van der Waals surface area contributed by atoms with Crippen molar-refractivity contribution in [2.45, 2.75) is 50.2 Å². The second-order valence-electron chi connectivity index (χ2n) is 6.42. The summed E-state index contributed by atoms with van der Waals surface area (Å²) in [5.74, 6) is 0.997. The minimum atomic E-state index is -4.36. The standard InChI is InChI=1S/C17H20F3N3O.ClH/c1-11(21-2)9-14-22-15(24-23-14)16(7-4-8-16)12-5-3-6-13(10-12)17(18,19)20;/h3,5-6,10-11,21H,4,7-9H2,1-2H3;1H. The van der Waals surface area contributed by atoms with Crippen LogP contribution in [0.3, 0.4) is 0 Å². The minimum absolute atomic E-state index is 0. The lowest BCUT2D eigenvalue weighted by Crippen LogP contribution is -2.36. The van der Waals surface area contributed by atoms with E-state index in [1.165, 1.54) is 12.1 Å². The van der Waals surface area contributed by atoms with Crippen molar-refractivity contribution in [2.24, 2.45) is 0 Å². The van der Waals surface area contributed by atoms with Crippen LogP contribution in [0.2, 0.25) is 0 Å². The van der Waals surface area contributed by atoms with E-state index in [2.05, 4.69) is 15.5 Å². The van der Waals surface area contributed by atoms with Crippen LogP contribution in [0, 0.1) is 0 Å². The van der Waals surface area contributed by atoms with Gasteiger partial charge in [0.1, 0.15) is 0 Å². The van der Waals surface area contributed by atoms with E-state index < -0.39 is 17.2 Å². The van der Waals surface area contributed by atoms with E-state index in [-0.39, 0.29) is 18.4 Å². The summed E-state index contributed by atoms with van der Waals surface area (Å²) in [7, 11) is 1.85. The van der Waals surface area contributed by atoms with Crippen molar-refractivity contribution < 1.29 is 17.7 Å². The first-order chi connectivity index (χ1) is 11.3. The van der Waals surface area contributed by atoms with Crippen LogP contribution in [0.25, 0.3) is 0 Å². The van der Waals surface area contributed by atoms with Gasteiger partial charge >= 0.3 is 6.18 Å². The van der Waals surface area contributed by atoms with Gasteiger partial charge in [0.15, 0.2) is 5.82 Å². The lowest BCUT2D eigenvalue weighted by atomic mass is 9.64. The first-order valence-electron chi connectivity index (χ1n) is 8.03. The van der Waals surface area contributed by atoms with Crippen molar-refractivity contribution in [1.29, 1.82) is 0 Å². The second-order valence-corrected chi connectivity index (χ2v) is 6.42. The van der Waals surface area contributed by atoms with Gasteiger partial charge in [0.2, 0.25) is 5.89 Å². The molecule has 8 heteroatoms. The zero-order valence-corrected chi connectivity index (χ0v) is 14.9. The zero-order valence-electron chi connectivity index (χ0n) is 14.1. The molecule has 2 aromatic rings. The quantitative estimate of drug-likeness (QED) is 0.853. The molecule has 0 spiro atoms. The third kappa shape index (κ3) is 3.82. The van der Waals surface area contributed by atoms with Gasteiger partial charge in [0, 0.05) is 12.5 Å². The lowest BCUT2D eigenvalue weighted by Gasteiger charge is -2.39. The number of hydrogen-bond donors (Lipinski definition) is 1. The summed E-state index contributed by atoms with van der Waals surface area (Å²) >= 11 is 0. The molecule has 1 unspecified atom stereocenters. The highest BCUT2D eigenvalue weighted by molar-refractivity contribution is 5.85. The smallest absolute Gasteiger partial charge is 0.338 e. The second kappa shape index (κ2) is 7.33. The molecule has 1 aliphatic rings. The van der Waals surface area contributed by atoms with Crippen molar-refractivity contribution in [3.63, 3.8) is 0 Å². The van der Waals surface area contributed by atoms with Crippen LogP contribution in [0.5, 0.6) is 0 Å². The molecule has 0 radical (unpaired) electrons. The van der Waals surface area contributed by atoms with Crippen LogP contribution >= 0.6 is 12.4 Å². The number of benzene rings is 1. The number of hydrogen-bond acceptors (Lipinski definition) is 4. The van der Waals surface area contributed by atoms with E-state index in [0.717, 1.165) is 25.3 Å². The molecule has 0 aliphatic heterocycles. The molecule has 4 nitrogen and oxygen atoms in total. The largest absolute Gasteiger partial charge is 0.416 e. The predicted octanol–water partition coefficient (Wildman–Crippen LogP) is 4.13. The Labute approximate surface area is 150 Å². The average molecular weight is 376 g/mol. The van der Waals surface area contributed by atoms with Gasteiger partial charge in [0.05, 0.1) is 11.0 Å². The molecule has 1 saturated carbocycles. The van der Waals surface area contributed by atoms with Crippen molar-refractivity contribution in [1.82, 2.24) is 15.5 Å². The van der Waals surface area contributed by atoms with Gasteiger partial charge in [-0.05, 0) is 38.4 Å². The maximum atomic E-state index is 13.0. The van der Waals surface area contributed by atoms with Gasteiger partial charge < -0.3 is 9.84 Å². The Bertz CT molecular complexity index is 713. The van der Waals surface area contributed by atoms with Gasteiger partial charge in [-0.25, -0.2) is 0 Å². The molecule has 1 N–H and O–H groups in total. The first-order valence-corrected chi connectivity index (χ1v) is 8.03. The summed E-state index contributed by atoms with van der Waals surface area (Å²) in [6.45, 7) is 2.00. The SMILES string of the molecule is CNC(C)Cc1noc(C2(c3cccc(C(F)(F)F)c3)CCC2)n1.Cl. The van der Waals surface area contributed by atoms with Crippen LogP contribution in [-0.4, -0.2) is 23.2 Å². The first kappa shape index (κ1) is 19.7. The Balaban J connectivity index is 0.00000225. The average Bonchev–Trinajstić information content (AvgIpc) is 2.94. The Morgan fingerprint density at radius 2 is 2.04 bits per heavy atom. The fourth-order valence-corrected chi connectivity index (χ4v) is 3.06. The monoisotopic (exact) mass is 375 g/mol. The van der Waals surface area contributed by atoms with E-state index >= 15 is 0 Å². The Kier molecular flexibility index (Phi) is 5.79. The van der Waals surface area contributed by atoms with Gasteiger partial charge in [-0.3, -0.25) is 0 Å². The normalized spacial score (nSPS) is 17.5. The van der Waals surface area contributed by atoms with Gasteiger partial charge in [0.25, 0.3) is 0 Å². The number of rotatable bonds is 5. The molecule has 1 atom stereocenters. The summed E-state index contributed by atoms with van der Waals surface area (Å²) in [4.78, 5) is 4.46. The molecule has 138 valence electrons. The van der Waals surface area contributed by atoms with Crippen LogP contribution in [0.15, 0.2) is 28.8 Å². The molecule has 1 fully saturated rings. The molecule has 0 bridgehead atoms. The summed E-state index contributed by atoms with van der Waals surface area (Å²) in [6.07, 6.45) is -1.38. The fourth-order valence-electron chi connectivity index (χ4n) is 3.06. The molecule has 25 heavy (non-hydrogen) atoms. The summed E-state index contributed by atoms with van der Waals surface area (Å²) in [5.41, 5.74) is -0.634. The molecule has 0 amide bonds. The summed E-state index contributed by atoms with van der Waals surface area (Å²) in [6, 6.07) is 5.65. The molecule has 1 aromatic heterocycles. The highest BCUT2D eigenvalue weighted by atomic mass is 35.5. The Morgan fingerprint density at radius 3 is 2.60 bits per heavy atom.